The van der Waals surface area contributed by atoms with Gasteiger partial charge in [0.15, 0.2) is 0 Å². The highest BCUT2D eigenvalue weighted by Crippen LogP contribution is 2.34. The molecule has 1 aliphatic carbocycles. The molecule has 1 saturated heterocycles. The van der Waals surface area contributed by atoms with E-state index in [0.717, 1.165) is 63.0 Å². The van der Waals surface area contributed by atoms with Crippen LogP contribution < -0.4 is 5.32 Å². The van der Waals surface area contributed by atoms with Crippen molar-refractivity contribution in [3.05, 3.63) is 23.7 Å². The molecule has 0 spiro atoms. The van der Waals surface area contributed by atoms with Gasteiger partial charge < -0.3 is 19.7 Å². The molecule has 2 N–H and O–H groups in total. The molecular formula is C20H32N2O3. The summed E-state index contributed by atoms with van der Waals surface area (Å²) in [5.41, 5.74) is 0. The largest absolute Gasteiger partial charge is 0.466 e. The first-order valence-corrected chi connectivity index (χ1v) is 9.85. The molecule has 1 saturated carbocycles. The van der Waals surface area contributed by atoms with Crippen molar-refractivity contribution in [1.82, 2.24) is 10.2 Å². The average molecular weight is 348 g/mol. The van der Waals surface area contributed by atoms with Crippen molar-refractivity contribution < 1.29 is 14.3 Å². The molecule has 1 aliphatic heterocycles. The number of hydrogen-bond acceptors (Lipinski definition) is 3. The number of urea groups is 1. The van der Waals surface area contributed by atoms with Crippen LogP contribution in [-0.2, 0) is 6.42 Å². The maximum absolute atomic E-state index is 12.7. The van der Waals surface area contributed by atoms with Gasteiger partial charge >= 0.3 is 6.03 Å². The van der Waals surface area contributed by atoms with Crippen LogP contribution in [-0.4, -0.2) is 40.8 Å². The van der Waals surface area contributed by atoms with E-state index < -0.39 is 0 Å². The summed E-state index contributed by atoms with van der Waals surface area (Å²) in [4.78, 5) is 14.7. The predicted octanol–water partition coefficient (Wildman–Crippen LogP) is 3.63. The smallest absolute Gasteiger partial charge is 0.317 e. The number of aliphatic hydroxyl groups is 1. The number of nitrogens with one attached hydrogen (secondary N) is 1. The number of aryl methyl sites for hydroxylation is 2. The van der Waals surface area contributed by atoms with E-state index in [1.165, 1.54) is 6.42 Å². The molecule has 4 atom stereocenters. The van der Waals surface area contributed by atoms with E-state index in [2.05, 4.69) is 5.32 Å². The molecule has 25 heavy (non-hydrogen) atoms. The van der Waals surface area contributed by atoms with Crippen molar-refractivity contribution in [3.8, 4) is 0 Å². The van der Waals surface area contributed by atoms with Gasteiger partial charge in [0.05, 0.1) is 6.10 Å². The van der Waals surface area contributed by atoms with Gasteiger partial charge in [-0.2, -0.15) is 0 Å². The Morgan fingerprint density at radius 3 is 2.84 bits per heavy atom. The number of nitrogens with zero attached hydrogens (tertiary/aromatic N) is 1. The van der Waals surface area contributed by atoms with Crippen molar-refractivity contribution in [3.63, 3.8) is 0 Å². The normalized spacial score (nSPS) is 28.1. The second kappa shape index (κ2) is 8.26. The molecule has 0 unspecified atom stereocenters. The molecule has 0 aromatic carbocycles. The predicted molar refractivity (Wildman–Crippen MR) is 97.5 cm³/mol. The molecule has 0 bridgehead atoms. The molecule has 2 heterocycles. The third kappa shape index (κ3) is 4.57. The maximum atomic E-state index is 12.7. The molecule has 5 heteroatoms. The number of carbonyl (C=O) groups excluding carboxylic acids is 1. The molecule has 2 fully saturated rings. The fraction of sp³-hybridized carbons (Fsp3) is 0.750. The van der Waals surface area contributed by atoms with E-state index in [-0.39, 0.29) is 30.1 Å². The van der Waals surface area contributed by atoms with E-state index in [4.69, 9.17) is 4.42 Å². The lowest BCUT2D eigenvalue weighted by Gasteiger charge is -2.37. The van der Waals surface area contributed by atoms with E-state index in [1.807, 2.05) is 30.9 Å². The number of furan rings is 1. The Balaban J connectivity index is 1.50. The quantitative estimate of drug-likeness (QED) is 0.854. The van der Waals surface area contributed by atoms with Crippen molar-refractivity contribution in [2.75, 3.05) is 6.54 Å². The van der Waals surface area contributed by atoms with Gasteiger partial charge in [-0.3, -0.25) is 0 Å². The summed E-state index contributed by atoms with van der Waals surface area (Å²) in [5.74, 6) is 2.16. The second-order valence-electron chi connectivity index (χ2n) is 7.82. The minimum atomic E-state index is -0.244. The number of rotatable bonds is 5. The zero-order valence-corrected chi connectivity index (χ0v) is 15.5. The van der Waals surface area contributed by atoms with Gasteiger partial charge in [-0.25, -0.2) is 4.79 Å². The van der Waals surface area contributed by atoms with Crippen LogP contribution in [0.4, 0.5) is 4.79 Å². The molecule has 1 aromatic rings. The van der Waals surface area contributed by atoms with Crippen LogP contribution >= 0.6 is 0 Å². The number of carbonyl (C=O) groups is 1. The van der Waals surface area contributed by atoms with E-state index in [0.29, 0.717) is 0 Å². The van der Waals surface area contributed by atoms with Gasteiger partial charge in [0.25, 0.3) is 0 Å². The molecule has 3 rings (SSSR count). The van der Waals surface area contributed by atoms with Gasteiger partial charge in [0.1, 0.15) is 11.5 Å². The molecule has 1 aromatic heterocycles. The van der Waals surface area contributed by atoms with Crippen LogP contribution in [0.1, 0.15) is 63.4 Å². The van der Waals surface area contributed by atoms with Crippen LogP contribution in [0.5, 0.6) is 0 Å². The minimum Gasteiger partial charge on any atom is -0.466 e. The number of amides is 2. The van der Waals surface area contributed by atoms with E-state index in [9.17, 15) is 9.90 Å². The summed E-state index contributed by atoms with van der Waals surface area (Å²) in [6, 6.07) is 4.32. The van der Waals surface area contributed by atoms with Gasteiger partial charge in [-0.15, -0.1) is 0 Å². The third-order valence-electron chi connectivity index (χ3n) is 5.83. The molecule has 140 valence electrons. The summed E-state index contributed by atoms with van der Waals surface area (Å²) >= 11 is 0. The van der Waals surface area contributed by atoms with E-state index in [1.54, 1.807) is 0 Å². The molecule has 2 aliphatic rings. The SMILES string of the molecule is Cc1ccc(CC[C@H](C)NC(=O)N2CCC[C@@H]2[C@H]2CCCC[C@H]2O)o1. The number of aliphatic hydroxyl groups excluding tert-OH is 1. The van der Waals surface area contributed by atoms with Gasteiger partial charge in [0, 0.05) is 31.0 Å². The average Bonchev–Trinajstić information content (AvgIpc) is 3.22. The van der Waals surface area contributed by atoms with Crippen molar-refractivity contribution in [2.45, 2.75) is 83.4 Å². The minimum absolute atomic E-state index is 0.0309. The summed E-state index contributed by atoms with van der Waals surface area (Å²) in [6.07, 6.45) is 7.73. The summed E-state index contributed by atoms with van der Waals surface area (Å²) in [7, 11) is 0. The monoisotopic (exact) mass is 348 g/mol. The lowest BCUT2D eigenvalue weighted by molar-refractivity contribution is 0.0304. The number of likely N-dealkylation sites (tertiary alicyclic amines) is 1. The Bertz CT molecular complexity index is 571. The number of hydrogen-bond donors (Lipinski definition) is 2. The highest BCUT2D eigenvalue weighted by molar-refractivity contribution is 5.75. The lowest BCUT2D eigenvalue weighted by atomic mass is 9.80. The Morgan fingerprint density at radius 2 is 2.12 bits per heavy atom. The van der Waals surface area contributed by atoms with Crippen LogP contribution in [0.15, 0.2) is 16.5 Å². The second-order valence-corrected chi connectivity index (χ2v) is 7.82. The summed E-state index contributed by atoms with van der Waals surface area (Å²) in [5, 5.41) is 13.5. The van der Waals surface area contributed by atoms with Crippen LogP contribution in [0.2, 0.25) is 0 Å². The highest BCUT2D eigenvalue weighted by atomic mass is 16.3. The fourth-order valence-corrected chi connectivity index (χ4v) is 4.42. The topological polar surface area (TPSA) is 65.7 Å². The zero-order valence-electron chi connectivity index (χ0n) is 15.5. The van der Waals surface area contributed by atoms with Crippen LogP contribution in [0, 0.1) is 12.8 Å². The Labute approximate surface area is 150 Å². The lowest BCUT2D eigenvalue weighted by Crippen LogP contribution is -2.50. The standard InChI is InChI=1S/C20H32N2O3/c1-14(9-11-16-12-10-15(2)25-16)21-20(24)22-13-5-7-18(22)17-6-3-4-8-19(17)23/h10,12,14,17-19,23H,3-9,11,13H2,1-2H3,(H,21,24)/t14-,17+,18+,19+/m0/s1. The molecule has 5 nitrogen and oxygen atoms in total. The first-order valence-electron chi connectivity index (χ1n) is 9.85. The zero-order chi connectivity index (χ0) is 17.8. The first kappa shape index (κ1) is 18.3. The van der Waals surface area contributed by atoms with Gasteiger partial charge in [-0.1, -0.05) is 12.8 Å². The maximum Gasteiger partial charge on any atom is 0.317 e. The molecule has 0 radical (unpaired) electrons. The van der Waals surface area contributed by atoms with Gasteiger partial charge in [-0.05, 0) is 58.1 Å². The fourth-order valence-electron chi connectivity index (χ4n) is 4.42. The Hall–Kier alpha value is -1.49. The molecular weight excluding hydrogens is 316 g/mol. The molecule has 2 amide bonds. The Kier molecular flexibility index (Phi) is 6.05. The summed E-state index contributed by atoms with van der Waals surface area (Å²) in [6.45, 7) is 4.81. The van der Waals surface area contributed by atoms with Crippen molar-refractivity contribution in [2.24, 2.45) is 5.92 Å². The first-order chi connectivity index (χ1) is 12.0. The van der Waals surface area contributed by atoms with E-state index >= 15 is 0 Å². The van der Waals surface area contributed by atoms with Crippen LogP contribution in [0.3, 0.4) is 0 Å². The highest BCUT2D eigenvalue weighted by Gasteiger charge is 2.39. The summed E-state index contributed by atoms with van der Waals surface area (Å²) < 4.78 is 5.60. The van der Waals surface area contributed by atoms with Crippen molar-refractivity contribution >= 4 is 6.03 Å². The van der Waals surface area contributed by atoms with Crippen LogP contribution in [0.25, 0.3) is 0 Å². The van der Waals surface area contributed by atoms with Gasteiger partial charge in [0.2, 0.25) is 0 Å². The third-order valence-corrected chi connectivity index (χ3v) is 5.83. The Morgan fingerprint density at radius 1 is 1.32 bits per heavy atom. The van der Waals surface area contributed by atoms with Crippen molar-refractivity contribution in [1.29, 1.82) is 0 Å².